The number of carbonyl (C=O) groups excluding carboxylic acids is 3. The fourth-order valence-electron chi connectivity index (χ4n) is 2.89. The molecular formula is C25H20N4O3S3. The highest BCUT2D eigenvalue weighted by Crippen LogP contribution is 2.21. The van der Waals surface area contributed by atoms with Crippen molar-refractivity contribution in [2.45, 2.75) is 4.90 Å². The third-order valence-corrected chi connectivity index (χ3v) is 6.95. The molecule has 0 fully saturated rings. The summed E-state index contributed by atoms with van der Waals surface area (Å²) in [5.74, 6) is -0.710. The van der Waals surface area contributed by atoms with Gasteiger partial charge in [-0.2, -0.15) is 11.3 Å². The monoisotopic (exact) mass is 520 g/mol. The zero-order chi connectivity index (χ0) is 24.5. The third kappa shape index (κ3) is 7.38. The zero-order valence-corrected chi connectivity index (χ0v) is 20.7. The number of amides is 3. The van der Waals surface area contributed by atoms with Gasteiger partial charge in [-0.1, -0.05) is 18.2 Å². The van der Waals surface area contributed by atoms with E-state index in [1.54, 1.807) is 54.1 Å². The lowest BCUT2D eigenvalue weighted by atomic mass is 10.2. The molecule has 2 heterocycles. The van der Waals surface area contributed by atoms with Crippen LogP contribution in [0.15, 0.2) is 93.6 Å². The number of rotatable bonds is 9. The van der Waals surface area contributed by atoms with Crippen LogP contribution in [-0.2, 0) is 9.59 Å². The summed E-state index contributed by atoms with van der Waals surface area (Å²) in [6, 6.07) is 17.7. The number of anilines is 2. The van der Waals surface area contributed by atoms with Crippen LogP contribution in [0.5, 0.6) is 0 Å². The van der Waals surface area contributed by atoms with Crippen molar-refractivity contribution in [1.29, 1.82) is 0 Å². The molecule has 0 spiro atoms. The molecule has 0 saturated heterocycles. The molecule has 0 unspecified atom stereocenters. The number of thioether (sulfide) groups is 1. The van der Waals surface area contributed by atoms with E-state index in [0.29, 0.717) is 16.4 Å². The molecule has 3 amide bonds. The van der Waals surface area contributed by atoms with Gasteiger partial charge in [-0.05, 0) is 64.9 Å². The highest BCUT2D eigenvalue weighted by atomic mass is 32.2. The largest absolute Gasteiger partial charge is 0.321 e. The second kappa shape index (κ2) is 12.1. The first-order chi connectivity index (χ1) is 17.1. The fourth-order valence-corrected chi connectivity index (χ4v) is 4.75. The maximum atomic E-state index is 13.0. The second-order valence-corrected chi connectivity index (χ2v) is 9.81. The Morgan fingerprint density at radius 1 is 0.943 bits per heavy atom. The molecule has 10 heteroatoms. The van der Waals surface area contributed by atoms with Crippen molar-refractivity contribution in [2.75, 3.05) is 16.4 Å². The molecule has 0 saturated carbocycles. The molecule has 2 aromatic heterocycles. The van der Waals surface area contributed by atoms with Crippen LogP contribution in [0.3, 0.4) is 0 Å². The minimum atomic E-state index is -0.441. The maximum Gasteiger partial charge on any atom is 0.272 e. The lowest BCUT2D eigenvalue weighted by Crippen LogP contribution is -2.30. The number of thiophene rings is 1. The number of thiazole rings is 1. The van der Waals surface area contributed by atoms with E-state index < -0.39 is 5.91 Å². The SMILES string of the molecule is O=C(CSc1ccc(NC(=O)/C(=C/c2ccsc2)NC(=O)c2ccccc2)cc1)Nc1nccs1. The van der Waals surface area contributed by atoms with Crippen molar-refractivity contribution < 1.29 is 14.4 Å². The average molecular weight is 521 g/mol. The van der Waals surface area contributed by atoms with Gasteiger partial charge in [0, 0.05) is 27.7 Å². The van der Waals surface area contributed by atoms with Crippen molar-refractivity contribution in [3.8, 4) is 0 Å². The van der Waals surface area contributed by atoms with E-state index in [1.807, 2.05) is 35.0 Å². The Bertz CT molecular complexity index is 1300. The lowest BCUT2D eigenvalue weighted by Gasteiger charge is -2.11. The summed E-state index contributed by atoms with van der Waals surface area (Å²) in [6.07, 6.45) is 3.27. The molecule has 4 rings (SSSR count). The molecule has 0 aliphatic heterocycles. The molecule has 0 radical (unpaired) electrons. The van der Waals surface area contributed by atoms with Gasteiger partial charge in [0.05, 0.1) is 5.75 Å². The van der Waals surface area contributed by atoms with Crippen molar-refractivity contribution in [3.63, 3.8) is 0 Å². The first-order valence-electron chi connectivity index (χ1n) is 10.4. The molecule has 0 aliphatic carbocycles. The van der Waals surface area contributed by atoms with Crippen molar-refractivity contribution in [1.82, 2.24) is 10.3 Å². The summed E-state index contributed by atoms with van der Waals surface area (Å²) in [6.45, 7) is 0. The Kier molecular flexibility index (Phi) is 8.44. The van der Waals surface area contributed by atoms with E-state index in [9.17, 15) is 14.4 Å². The summed E-state index contributed by atoms with van der Waals surface area (Å²) in [5, 5.41) is 14.4. The van der Waals surface area contributed by atoms with Gasteiger partial charge < -0.3 is 16.0 Å². The first kappa shape index (κ1) is 24.4. The molecule has 3 N–H and O–H groups in total. The highest BCUT2D eigenvalue weighted by Gasteiger charge is 2.15. The van der Waals surface area contributed by atoms with E-state index in [2.05, 4.69) is 20.9 Å². The summed E-state index contributed by atoms with van der Waals surface area (Å²) in [4.78, 5) is 42.6. The Balaban J connectivity index is 1.38. The van der Waals surface area contributed by atoms with Gasteiger partial charge in [-0.3, -0.25) is 14.4 Å². The number of nitrogens with zero attached hydrogens (tertiary/aromatic N) is 1. The smallest absolute Gasteiger partial charge is 0.272 e. The summed E-state index contributed by atoms with van der Waals surface area (Å²) in [7, 11) is 0. The van der Waals surface area contributed by atoms with Crippen molar-refractivity contribution in [2.24, 2.45) is 0 Å². The zero-order valence-electron chi connectivity index (χ0n) is 18.3. The summed E-state index contributed by atoms with van der Waals surface area (Å²) >= 11 is 4.24. The van der Waals surface area contributed by atoms with E-state index >= 15 is 0 Å². The lowest BCUT2D eigenvalue weighted by molar-refractivity contribution is -0.114. The number of hydrogen-bond acceptors (Lipinski definition) is 7. The Hall–Kier alpha value is -3.73. The van der Waals surface area contributed by atoms with E-state index in [4.69, 9.17) is 0 Å². The molecule has 0 bridgehead atoms. The Labute approximate surface area is 214 Å². The van der Waals surface area contributed by atoms with Crippen molar-refractivity contribution in [3.05, 3.63) is 99.8 Å². The third-order valence-electron chi connectivity index (χ3n) is 4.54. The normalized spacial score (nSPS) is 11.0. The summed E-state index contributed by atoms with van der Waals surface area (Å²) in [5.41, 5.74) is 1.97. The predicted octanol–water partition coefficient (Wildman–Crippen LogP) is 5.35. The van der Waals surface area contributed by atoms with E-state index in [1.165, 1.54) is 34.4 Å². The van der Waals surface area contributed by atoms with Gasteiger partial charge in [-0.25, -0.2) is 4.98 Å². The van der Waals surface area contributed by atoms with Crippen LogP contribution in [0.2, 0.25) is 0 Å². The highest BCUT2D eigenvalue weighted by molar-refractivity contribution is 8.00. The van der Waals surface area contributed by atoms with Gasteiger partial charge in [-0.15, -0.1) is 23.1 Å². The Morgan fingerprint density at radius 2 is 1.74 bits per heavy atom. The standard InChI is InChI=1S/C25H20N4O3S3/c30-22(29-25-26-11-13-34-25)16-35-20-8-6-19(7-9-20)27-24(32)21(14-17-10-12-33-15-17)28-23(31)18-4-2-1-3-5-18/h1-15H,16H2,(H,27,32)(H,28,31)(H,26,29,30)/b21-14-. The van der Waals surface area contributed by atoms with Crippen LogP contribution >= 0.6 is 34.4 Å². The van der Waals surface area contributed by atoms with Gasteiger partial charge in [0.2, 0.25) is 5.91 Å². The van der Waals surface area contributed by atoms with E-state index in [0.717, 1.165) is 10.5 Å². The molecule has 0 atom stereocenters. The minimum absolute atomic E-state index is 0.134. The predicted molar refractivity (Wildman–Crippen MR) is 143 cm³/mol. The molecule has 35 heavy (non-hydrogen) atoms. The number of nitrogens with one attached hydrogen (secondary N) is 3. The van der Waals surface area contributed by atoms with Crippen LogP contribution in [0, 0.1) is 0 Å². The van der Waals surface area contributed by atoms with Crippen LogP contribution in [0.1, 0.15) is 15.9 Å². The molecule has 176 valence electrons. The van der Waals surface area contributed by atoms with Crippen LogP contribution in [0.25, 0.3) is 6.08 Å². The summed E-state index contributed by atoms with van der Waals surface area (Å²) < 4.78 is 0. The molecule has 7 nitrogen and oxygen atoms in total. The first-order valence-corrected chi connectivity index (χ1v) is 13.2. The van der Waals surface area contributed by atoms with Crippen LogP contribution < -0.4 is 16.0 Å². The van der Waals surface area contributed by atoms with Crippen LogP contribution in [0.4, 0.5) is 10.8 Å². The van der Waals surface area contributed by atoms with Gasteiger partial charge in [0.25, 0.3) is 11.8 Å². The van der Waals surface area contributed by atoms with Gasteiger partial charge >= 0.3 is 0 Å². The maximum absolute atomic E-state index is 13.0. The van der Waals surface area contributed by atoms with Crippen molar-refractivity contribution >= 4 is 69.1 Å². The molecular weight excluding hydrogens is 501 g/mol. The fraction of sp³-hybridized carbons (Fsp3) is 0.0400. The number of hydrogen-bond donors (Lipinski definition) is 3. The van der Waals surface area contributed by atoms with Gasteiger partial charge in [0.1, 0.15) is 5.70 Å². The Morgan fingerprint density at radius 3 is 2.43 bits per heavy atom. The number of carbonyl (C=O) groups is 3. The average Bonchev–Trinajstić information content (AvgIpc) is 3.58. The molecule has 0 aliphatic rings. The minimum Gasteiger partial charge on any atom is -0.321 e. The number of benzene rings is 2. The second-order valence-electron chi connectivity index (χ2n) is 7.09. The van der Waals surface area contributed by atoms with Crippen LogP contribution in [-0.4, -0.2) is 28.5 Å². The molecule has 4 aromatic rings. The topological polar surface area (TPSA) is 100 Å². The van der Waals surface area contributed by atoms with E-state index in [-0.39, 0.29) is 23.3 Å². The number of aromatic nitrogens is 1. The van der Waals surface area contributed by atoms with Gasteiger partial charge in [0.15, 0.2) is 5.13 Å². The quantitative estimate of drug-likeness (QED) is 0.204. The molecule has 2 aromatic carbocycles.